The molecule has 0 heteroatoms. The van der Waals surface area contributed by atoms with Crippen LogP contribution in [0.4, 0.5) is 0 Å². The maximum absolute atomic E-state index is 3.98. The third-order valence-corrected chi connectivity index (χ3v) is 5.48. The Morgan fingerprint density at radius 1 is 0.467 bits per heavy atom. The standard InChI is InChI=1S/C30H50/c1-25(2)15-11-19-29(7)23-13-21-27(5)17-9-10-18-28(6)22-14-24-30(8)20-12-16-26(3)4/h16-18,23-24H,1,9-15,19-22H2,2-8H3/b27-17+,28-18+,29-23+,30-24-. The summed E-state index contributed by atoms with van der Waals surface area (Å²) in [6.45, 7) is 19.6. The molecule has 0 saturated carbocycles. The van der Waals surface area contributed by atoms with Gasteiger partial charge in [-0.2, -0.15) is 0 Å². The molecule has 0 aliphatic carbocycles. The van der Waals surface area contributed by atoms with Crippen molar-refractivity contribution in [1.29, 1.82) is 0 Å². The van der Waals surface area contributed by atoms with Gasteiger partial charge in [0.05, 0.1) is 0 Å². The Morgan fingerprint density at radius 3 is 1.23 bits per heavy atom. The first-order valence-corrected chi connectivity index (χ1v) is 12.1. The molecule has 30 heavy (non-hydrogen) atoms. The maximum Gasteiger partial charge on any atom is -0.0288 e. The van der Waals surface area contributed by atoms with Gasteiger partial charge in [0.25, 0.3) is 0 Å². The Bertz CT molecular complexity index is 627. The van der Waals surface area contributed by atoms with Crippen LogP contribution in [-0.2, 0) is 0 Å². The van der Waals surface area contributed by atoms with Gasteiger partial charge in [0.2, 0.25) is 0 Å². The molecule has 170 valence electrons. The predicted octanol–water partition coefficient (Wildman–Crippen LogP) is 10.6. The smallest absolute Gasteiger partial charge is 0.0288 e. The lowest BCUT2D eigenvalue weighted by Crippen LogP contribution is -1.83. The van der Waals surface area contributed by atoms with E-state index in [9.17, 15) is 0 Å². The molecule has 0 radical (unpaired) electrons. The fourth-order valence-electron chi connectivity index (χ4n) is 3.42. The van der Waals surface area contributed by atoms with Crippen LogP contribution < -0.4 is 0 Å². The molecule has 0 fully saturated rings. The Morgan fingerprint density at radius 2 is 0.833 bits per heavy atom. The van der Waals surface area contributed by atoms with Gasteiger partial charge in [0.15, 0.2) is 0 Å². The number of allylic oxidation sites excluding steroid dienone is 11. The molecule has 0 aliphatic rings. The van der Waals surface area contributed by atoms with Crippen LogP contribution in [0, 0.1) is 0 Å². The fourth-order valence-corrected chi connectivity index (χ4v) is 3.42. The highest BCUT2D eigenvalue weighted by atomic mass is 14.0. The van der Waals surface area contributed by atoms with Crippen molar-refractivity contribution in [3.8, 4) is 0 Å². The van der Waals surface area contributed by atoms with E-state index in [1.807, 2.05) is 0 Å². The summed E-state index contributed by atoms with van der Waals surface area (Å²) in [5.41, 5.74) is 8.84. The van der Waals surface area contributed by atoms with Crippen molar-refractivity contribution in [3.05, 3.63) is 70.4 Å². The molecular weight excluding hydrogens is 360 g/mol. The van der Waals surface area contributed by atoms with E-state index in [0.717, 1.165) is 6.42 Å². The van der Waals surface area contributed by atoms with Crippen molar-refractivity contribution in [1.82, 2.24) is 0 Å². The van der Waals surface area contributed by atoms with Crippen molar-refractivity contribution in [2.75, 3.05) is 0 Å². The average molecular weight is 411 g/mol. The summed E-state index contributed by atoms with van der Waals surface area (Å²) in [4.78, 5) is 0. The monoisotopic (exact) mass is 410 g/mol. The minimum Gasteiger partial charge on any atom is -0.100 e. The number of unbranched alkanes of at least 4 members (excludes halogenated alkanes) is 1. The molecule has 0 spiro atoms. The zero-order chi connectivity index (χ0) is 22.8. The summed E-state index contributed by atoms with van der Waals surface area (Å²) in [5.74, 6) is 0. The van der Waals surface area contributed by atoms with Crippen molar-refractivity contribution < 1.29 is 0 Å². The first kappa shape index (κ1) is 28.4. The van der Waals surface area contributed by atoms with Crippen LogP contribution in [0.2, 0.25) is 0 Å². The molecule has 0 saturated heterocycles. The third-order valence-electron chi connectivity index (χ3n) is 5.48. The van der Waals surface area contributed by atoms with Crippen molar-refractivity contribution in [2.24, 2.45) is 0 Å². The van der Waals surface area contributed by atoms with Gasteiger partial charge in [-0.1, -0.05) is 63.8 Å². The molecule has 0 unspecified atom stereocenters. The molecule has 0 atom stereocenters. The zero-order valence-electron chi connectivity index (χ0n) is 21.4. The lowest BCUT2D eigenvalue weighted by molar-refractivity contribution is 0.798. The van der Waals surface area contributed by atoms with E-state index in [0.29, 0.717) is 0 Å². The summed E-state index contributed by atoms with van der Waals surface area (Å²) in [6.07, 6.45) is 25.1. The molecule has 0 bridgehead atoms. The molecule has 0 amide bonds. The fraction of sp³-hybridized carbons (Fsp3) is 0.600. The number of hydrogen-bond acceptors (Lipinski definition) is 0. The summed E-state index contributed by atoms with van der Waals surface area (Å²) in [7, 11) is 0. The second-order valence-corrected chi connectivity index (χ2v) is 9.49. The van der Waals surface area contributed by atoms with E-state index in [-0.39, 0.29) is 0 Å². The molecule has 0 aliphatic heterocycles. The van der Waals surface area contributed by atoms with Crippen molar-refractivity contribution >= 4 is 0 Å². The Kier molecular flexibility index (Phi) is 17.3. The first-order chi connectivity index (χ1) is 14.2. The minimum absolute atomic E-state index is 1.16. The molecule has 0 nitrogen and oxygen atoms in total. The molecule has 0 aromatic rings. The van der Waals surface area contributed by atoms with Gasteiger partial charge in [0, 0.05) is 0 Å². The lowest BCUT2D eigenvalue weighted by atomic mass is 10.0. The molecule has 0 aromatic heterocycles. The molecule has 0 aromatic carbocycles. The highest BCUT2D eigenvalue weighted by Gasteiger charge is 1.95. The summed E-state index contributed by atoms with van der Waals surface area (Å²) in [6, 6.07) is 0. The van der Waals surface area contributed by atoms with Gasteiger partial charge in [0.1, 0.15) is 0 Å². The quantitative estimate of drug-likeness (QED) is 0.175. The van der Waals surface area contributed by atoms with Crippen LogP contribution in [0.1, 0.15) is 119 Å². The average Bonchev–Trinajstić information content (AvgIpc) is 2.64. The van der Waals surface area contributed by atoms with Crippen LogP contribution in [0.5, 0.6) is 0 Å². The van der Waals surface area contributed by atoms with E-state index in [4.69, 9.17) is 0 Å². The predicted molar refractivity (Wildman–Crippen MR) is 140 cm³/mol. The van der Waals surface area contributed by atoms with Gasteiger partial charge in [-0.05, 0) is 119 Å². The molecule has 0 heterocycles. The second kappa shape index (κ2) is 18.2. The SMILES string of the molecule is C=C(C)CCC/C(C)=C/CC/C(C)=C/CC/C=C(\C)CC/C=C(/C)CCC=C(C)C. The van der Waals surface area contributed by atoms with Crippen molar-refractivity contribution in [2.45, 2.75) is 119 Å². The van der Waals surface area contributed by atoms with Gasteiger partial charge < -0.3 is 0 Å². The maximum atomic E-state index is 3.98. The zero-order valence-corrected chi connectivity index (χ0v) is 21.4. The van der Waals surface area contributed by atoms with E-state index in [1.54, 1.807) is 0 Å². The number of rotatable bonds is 16. The summed E-state index contributed by atoms with van der Waals surface area (Å²) >= 11 is 0. The highest BCUT2D eigenvalue weighted by Crippen LogP contribution is 2.15. The Balaban J connectivity index is 4.02. The topological polar surface area (TPSA) is 0 Å². The van der Waals surface area contributed by atoms with Gasteiger partial charge in [-0.3, -0.25) is 0 Å². The van der Waals surface area contributed by atoms with Gasteiger partial charge in [-0.15, -0.1) is 6.58 Å². The Hall–Kier alpha value is -1.56. The Labute approximate surface area is 189 Å². The van der Waals surface area contributed by atoms with Crippen LogP contribution >= 0.6 is 0 Å². The minimum atomic E-state index is 1.16. The molecular formula is C30H50. The molecule has 0 N–H and O–H groups in total. The molecule has 0 rings (SSSR count). The van der Waals surface area contributed by atoms with Gasteiger partial charge in [-0.25, -0.2) is 0 Å². The third kappa shape index (κ3) is 19.7. The summed E-state index contributed by atoms with van der Waals surface area (Å²) < 4.78 is 0. The van der Waals surface area contributed by atoms with Crippen LogP contribution in [0.25, 0.3) is 0 Å². The van der Waals surface area contributed by atoms with Crippen molar-refractivity contribution in [3.63, 3.8) is 0 Å². The normalized spacial score (nSPS) is 13.6. The summed E-state index contributed by atoms with van der Waals surface area (Å²) in [5, 5.41) is 0. The highest BCUT2D eigenvalue weighted by molar-refractivity contribution is 5.07. The number of hydrogen-bond donors (Lipinski definition) is 0. The van der Waals surface area contributed by atoms with E-state index < -0.39 is 0 Å². The first-order valence-electron chi connectivity index (χ1n) is 12.1. The second-order valence-electron chi connectivity index (χ2n) is 9.49. The largest absolute Gasteiger partial charge is 0.100 e. The van der Waals surface area contributed by atoms with Crippen LogP contribution in [-0.4, -0.2) is 0 Å². The van der Waals surface area contributed by atoms with Gasteiger partial charge >= 0.3 is 0 Å². The van der Waals surface area contributed by atoms with E-state index >= 15 is 0 Å². The van der Waals surface area contributed by atoms with Crippen LogP contribution in [0.15, 0.2) is 70.4 Å². The lowest BCUT2D eigenvalue weighted by Gasteiger charge is -2.03. The van der Waals surface area contributed by atoms with E-state index in [2.05, 4.69) is 85.4 Å². The van der Waals surface area contributed by atoms with E-state index in [1.165, 1.54) is 97.6 Å². The van der Waals surface area contributed by atoms with Crippen LogP contribution in [0.3, 0.4) is 0 Å².